The maximum Gasteiger partial charge on any atom is 0.257 e. The van der Waals surface area contributed by atoms with E-state index >= 15 is 0 Å². The highest BCUT2D eigenvalue weighted by molar-refractivity contribution is 5.93. The molecule has 0 bridgehead atoms. The van der Waals surface area contributed by atoms with Crippen molar-refractivity contribution in [2.75, 3.05) is 32.5 Å². The van der Waals surface area contributed by atoms with Crippen molar-refractivity contribution in [2.45, 2.75) is 31.3 Å². The lowest BCUT2D eigenvalue weighted by Gasteiger charge is -2.20. The Balaban J connectivity index is 1.41. The van der Waals surface area contributed by atoms with Gasteiger partial charge in [0.1, 0.15) is 0 Å². The van der Waals surface area contributed by atoms with E-state index in [1.807, 2.05) is 17.2 Å². The van der Waals surface area contributed by atoms with Crippen LogP contribution in [0.3, 0.4) is 0 Å². The number of likely N-dealkylation sites (N-methyl/N-ethyl adjacent to an activating group) is 1. The Morgan fingerprint density at radius 1 is 1.23 bits per heavy atom. The van der Waals surface area contributed by atoms with Crippen molar-refractivity contribution in [1.82, 2.24) is 24.8 Å². The van der Waals surface area contributed by atoms with E-state index in [4.69, 9.17) is 0 Å². The highest BCUT2D eigenvalue weighted by Gasteiger charge is 2.28. The maximum absolute atomic E-state index is 12.6. The largest absolute Gasteiger partial charge is 0.347 e. The molecule has 26 heavy (non-hydrogen) atoms. The monoisotopic (exact) mass is 352 g/mol. The van der Waals surface area contributed by atoms with Crippen LogP contribution in [0.1, 0.15) is 40.5 Å². The molecule has 2 aromatic heterocycles. The summed E-state index contributed by atoms with van der Waals surface area (Å²) >= 11 is 0. The number of carbonyl (C=O) groups is 1. The number of nitrogens with zero attached hydrogens (tertiary/aromatic N) is 5. The number of fused-ring (bicyclic) bond motifs is 1. The second kappa shape index (κ2) is 6.99. The predicted octanol–water partition coefficient (Wildman–Crippen LogP) is 1.75. The molecule has 7 heteroatoms. The smallest absolute Gasteiger partial charge is 0.257 e. The van der Waals surface area contributed by atoms with Gasteiger partial charge in [-0.3, -0.25) is 9.78 Å². The van der Waals surface area contributed by atoms with E-state index in [9.17, 15) is 4.79 Å². The minimum absolute atomic E-state index is 0.0105. The molecular weight excluding hydrogens is 328 g/mol. The van der Waals surface area contributed by atoms with E-state index in [0.717, 1.165) is 38.0 Å². The van der Waals surface area contributed by atoms with E-state index in [1.54, 1.807) is 12.4 Å². The Hall–Kier alpha value is -2.54. The summed E-state index contributed by atoms with van der Waals surface area (Å²) in [4.78, 5) is 29.8. The first kappa shape index (κ1) is 16.9. The van der Waals surface area contributed by atoms with E-state index in [-0.39, 0.29) is 11.9 Å². The summed E-state index contributed by atoms with van der Waals surface area (Å²) in [6.07, 6.45) is 8.04. The van der Waals surface area contributed by atoms with Crippen LogP contribution in [0.4, 0.5) is 5.95 Å². The van der Waals surface area contributed by atoms with Gasteiger partial charge < -0.3 is 15.1 Å². The van der Waals surface area contributed by atoms with Crippen LogP contribution in [0, 0.1) is 0 Å². The zero-order chi connectivity index (χ0) is 18.1. The number of nitrogens with one attached hydrogen (secondary N) is 1. The number of aryl methyl sites for hydroxylation is 1. The second-order valence-corrected chi connectivity index (χ2v) is 7.23. The number of amides is 1. The molecule has 3 heterocycles. The van der Waals surface area contributed by atoms with Crippen LogP contribution in [0.2, 0.25) is 0 Å². The van der Waals surface area contributed by atoms with Gasteiger partial charge in [0, 0.05) is 43.4 Å². The van der Waals surface area contributed by atoms with Crippen molar-refractivity contribution in [1.29, 1.82) is 0 Å². The molecule has 1 saturated heterocycles. The maximum atomic E-state index is 12.6. The molecule has 0 radical (unpaired) electrons. The minimum Gasteiger partial charge on any atom is -0.347 e. The molecule has 0 spiro atoms. The number of rotatable bonds is 4. The zero-order valence-electron chi connectivity index (χ0n) is 15.2. The lowest BCUT2D eigenvalue weighted by molar-refractivity contribution is 0.0782. The molecule has 4 rings (SSSR count). The van der Waals surface area contributed by atoms with Gasteiger partial charge in [0.15, 0.2) is 0 Å². The van der Waals surface area contributed by atoms with Crippen LogP contribution in [-0.4, -0.2) is 63.9 Å². The summed E-state index contributed by atoms with van der Waals surface area (Å²) in [5, 5.41) is 3.36. The van der Waals surface area contributed by atoms with Crippen molar-refractivity contribution in [3.63, 3.8) is 0 Å². The van der Waals surface area contributed by atoms with Crippen LogP contribution in [0.5, 0.6) is 0 Å². The van der Waals surface area contributed by atoms with Crippen molar-refractivity contribution >= 4 is 11.9 Å². The van der Waals surface area contributed by atoms with Gasteiger partial charge >= 0.3 is 0 Å². The van der Waals surface area contributed by atoms with Gasteiger partial charge in [0.2, 0.25) is 5.95 Å². The van der Waals surface area contributed by atoms with Gasteiger partial charge in [0.05, 0.1) is 11.6 Å². The second-order valence-electron chi connectivity index (χ2n) is 7.23. The molecule has 2 aromatic rings. The Morgan fingerprint density at radius 3 is 2.77 bits per heavy atom. The molecule has 1 amide bonds. The van der Waals surface area contributed by atoms with E-state index in [0.29, 0.717) is 17.6 Å². The van der Waals surface area contributed by atoms with Crippen LogP contribution >= 0.6 is 0 Å². The highest BCUT2D eigenvalue weighted by atomic mass is 16.2. The molecule has 1 aliphatic carbocycles. The van der Waals surface area contributed by atoms with Gasteiger partial charge in [-0.15, -0.1) is 0 Å². The summed E-state index contributed by atoms with van der Waals surface area (Å²) in [7, 11) is 4.11. The molecule has 1 fully saturated rings. The number of hydrogen-bond donors (Lipinski definition) is 1. The third-order valence-corrected chi connectivity index (χ3v) is 5.35. The normalized spacial score (nSPS) is 21.9. The summed E-state index contributed by atoms with van der Waals surface area (Å²) in [5.41, 5.74) is 2.90. The molecule has 7 nitrogen and oxygen atoms in total. The lowest BCUT2D eigenvalue weighted by atomic mass is 10.1. The zero-order valence-corrected chi connectivity index (χ0v) is 15.2. The molecule has 1 unspecified atom stereocenters. The van der Waals surface area contributed by atoms with Gasteiger partial charge in [-0.25, -0.2) is 9.97 Å². The van der Waals surface area contributed by atoms with E-state index in [1.165, 1.54) is 5.56 Å². The number of hydrogen-bond acceptors (Lipinski definition) is 6. The Kier molecular flexibility index (Phi) is 4.55. The van der Waals surface area contributed by atoms with E-state index < -0.39 is 0 Å². The van der Waals surface area contributed by atoms with Gasteiger partial charge in [-0.1, -0.05) is 6.07 Å². The molecule has 136 valence electrons. The summed E-state index contributed by atoms with van der Waals surface area (Å²) in [6, 6.07) is 4.66. The average Bonchev–Trinajstić information content (AvgIpc) is 3.30. The topological polar surface area (TPSA) is 74.2 Å². The standard InChI is InChI=1S/C19H24N6O/c1-24(2)14-7-9-25(12-14)18(26)13-10-21-19(22-11-13)23-17-6-5-16-15(17)4-3-8-20-16/h3-4,8,10-11,14,17H,5-7,9,12H2,1-2H3,(H,21,22,23)/t14?,17-/m1/s1. The molecule has 2 atom stereocenters. The van der Waals surface area contributed by atoms with Crippen molar-refractivity contribution < 1.29 is 4.79 Å². The fourth-order valence-electron chi connectivity index (χ4n) is 3.76. The minimum atomic E-state index is 0.0105. The average molecular weight is 352 g/mol. The van der Waals surface area contributed by atoms with Crippen LogP contribution < -0.4 is 5.32 Å². The van der Waals surface area contributed by atoms with E-state index in [2.05, 4.69) is 45.3 Å². The molecule has 0 aromatic carbocycles. The van der Waals surface area contributed by atoms with Crippen molar-refractivity contribution in [3.05, 3.63) is 47.5 Å². The third-order valence-electron chi connectivity index (χ3n) is 5.35. The third kappa shape index (κ3) is 3.26. The quantitative estimate of drug-likeness (QED) is 0.904. The number of likely N-dealkylation sites (tertiary alicyclic amines) is 1. The number of anilines is 1. The molecule has 1 aliphatic heterocycles. The molecule has 2 aliphatic rings. The predicted molar refractivity (Wildman–Crippen MR) is 98.9 cm³/mol. The van der Waals surface area contributed by atoms with Crippen LogP contribution in [0.25, 0.3) is 0 Å². The Morgan fingerprint density at radius 2 is 2.04 bits per heavy atom. The molecular formula is C19H24N6O. The SMILES string of the molecule is CN(C)C1CCN(C(=O)c2cnc(N[C@@H]3CCc4ncccc43)nc2)C1. The Labute approximate surface area is 153 Å². The summed E-state index contributed by atoms with van der Waals surface area (Å²) < 4.78 is 0. The molecule has 1 N–H and O–H groups in total. The van der Waals surface area contributed by atoms with Crippen molar-refractivity contribution in [3.8, 4) is 0 Å². The van der Waals surface area contributed by atoms with Gasteiger partial charge in [-0.2, -0.15) is 0 Å². The number of carbonyl (C=O) groups excluding carboxylic acids is 1. The van der Waals surface area contributed by atoms with Crippen LogP contribution in [-0.2, 0) is 6.42 Å². The van der Waals surface area contributed by atoms with Crippen molar-refractivity contribution in [2.24, 2.45) is 0 Å². The van der Waals surface area contributed by atoms with Crippen LogP contribution in [0.15, 0.2) is 30.7 Å². The van der Waals surface area contributed by atoms with Gasteiger partial charge in [-0.05, 0) is 45.0 Å². The first-order valence-corrected chi connectivity index (χ1v) is 9.10. The summed E-state index contributed by atoms with van der Waals surface area (Å²) in [5.74, 6) is 0.562. The lowest BCUT2D eigenvalue weighted by Crippen LogP contribution is -2.34. The summed E-state index contributed by atoms with van der Waals surface area (Å²) in [6.45, 7) is 1.55. The molecule has 0 saturated carbocycles. The number of pyridine rings is 1. The Bertz CT molecular complexity index is 791. The first-order chi connectivity index (χ1) is 12.6. The van der Waals surface area contributed by atoms with Gasteiger partial charge in [0.25, 0.3) is 5.91 Å². The number of aromatic nitrogens is 3. The fourth-order valence-corrected chi connectivity index (χ4v) is 3.76. The fraction of sp³-hybridized carbons (Fsp3) is 0.474. The highest BCUT2D eigenvalue weighted by Crippen LogP contribution is 2.31. The first-order valence-electron chi connectivity index (χ1n) is 9.10.